The summed E-state index contributed by atoms with van der Waals surface area (Å²) in [5.41, 5.74) is 0. The Hall–Kier alpha value is -1.20. The van der Waals surface area contributed by atoms with Crippen LogP contribution in [0.3, 0.4) is 0 Å². The van der Waals surface area contributed by atoms with E-state index in [2.05, 4.69) is 4.74 Å². The predicted octanol–water partition coefficient (Wildman–Crippen LogP) is 1.83. The van der Waals surface area contributed by atoms with Gasteiger partial charge < -0.3 is 9.64 Å². The average molecular weight is 251 g/mol. The highest BCUT2D eigenvalue weighted by Gasteiger charge is 2.40. The van der Waals surface area contributed by atoms with Gasteiger partial charge in [0.05, 0.1) is 6.61 Å². The number of hydrogen-bond acceptors (Lipinski definition) is 3. The second-order valence-electron chi connectivity index (χ2n) is 3.98. The standard InChI is InChI=1S/C11H19F2NO3/c1-4-5-8-17-10(16)11(12,13)7-6-9(15)14(2)3/h4-8H2,1-3H3. The first kappa shape index (κ1) is 15.8. The molecule has 17 heavy (non-hydrogen) atoms. The SMILES string of the molecule is CCCCOC(=O)C(F)(F)CCC(=O)N(C)C. The molecule has 0 rings (SSSR count). The van der Waals surface area contributed by atoms with Crippen molar-refractivity contribution < 1.29 is 23.1 Å². The van der Waals surface area contributed by atoms with Gasteiger partial charge in [0.15, 0.2) is 0 Å². The summed E-state index contributed by atoms with van der Waals surface area (Å²) < 4.78 is 30.9. The maximum atomic E-state index is 13.2. The van der Waals surface area contributed by atoms with E-state index in [1.54, 1.807) is 0 Å². The fraction of sp³-hybridized carbons (Fsp3) is 0.818. The topological polar surface area (TPSA) is 46.6 Å². The molecule has 0 aromatic rings. The van der Waals surface area contributed by atoms with E-state index in [-0.39, 0.29) is 13.0 Å². The molecule has 0 aliphatic rings. The van der Waals surface area contributed by atoms with Gasteiger partial charge in [-0.3, -0.25) is 4.79 Å². The van der Waals surface area contributed by atoms with E-state index >= 15 is 0 Å². The molecule has 0 unspecified atom stereocenters. The molecule has 0 aliphatic heterocycles. The molecular weight excluding hydrogens is 232 g/mol. The van der Waals surface area contributed by atoms with Gasteiger partial charge in [-0.05, 0) is 6.42 Å². The van der Waals surface area contributed by atoms with Crippen LogP contribution in [0.15, 0.2) is 0 Å². The summed E-state index contributed by atoms with van der Waals surface area (Å²) >= 11 is 0. The molecule has 6 heteroatoms. The van der Waals surface area contributed by atoms with Crippen LogP contribution < -0.4 is 0 Å². The third-order valence-corrected chi connectivity index (χ3v) is 2.18. The summed E-state index contributed by atoms with van der Waals surface area (Å²) in [5.74, 6) is -5.57. The van der Waals surface area contributed by atoms with Crippen molar-refractivity contribution >= 4 is 11.9 Å². The monoisotopic (exact) mass is 251 g/mol. The summed E-state index contributed by atoms with van der Waals surface area (Å²) in [6, 6.07) is 0. The fourth-order valence-corrected chi connectivity index (χ4v) is 1.00. The van der Waals surface area contributed by atoms with Crippen molar-refractivity contribution in [2.75, 3.05) is 20.7 Å². The van der Waals surface area contributed by atoms with Gasteiger partial charge in [-0.25, -0.2) is 4.79 Å². The van der Waals surface area contributed by atoms with Gasteiger partial charge in [0, 0.05) is 26.9 Å². The average Bonchev–Trinajstić information content (AvgIpc) is 2.25. The number of amides is 1. The molecular formula is C11H19F2NO3. The highest BCUT2D eigenvalue weighted by Crippen LogP contribution is 2.22. The number of carbonyl (C=O) groups is 2. The second-order valence-corrected chi connectivity index (χ2v) is 3.98. The maximum absolute atomic E-state index is 13.2. The zero-order chi connectivity index (χ0) is 13.5. The Morgan fingerprint density at radius 2 is 1.88 bits per heavy atom. The van der Waals surface area contributed by atoms with Crippen molar-refractivity contribution in [3.05, 3.63) is 0 Å². The molecule has 0 N–H and O–H groups in total. The third-order valence-electron chi connectivity index (χ3n) is 2.18. The molecule has 0 atom stereocenters. The van der Waals surface area contributed by atoms with Crippen molar-refractivity contribution in [1.29, 1.82) is 0 Å². The van der Waals surface area contributed by atoms with Crippen LogP contribution in [0.2, 0.25) is 0 Å². The first-order valence-corrected chi connectivity index (χ1v) is 5.56. The Balaban J connectivity index is 4.08. The van der Waals surface area contributed by atoms with Gasteiger partial charge in [0.25, 0.3) is 0 Å². The van der Waals surface area contributed by atoms with Gasteiger partial charge in [-0.2, -0.15) is 8.78 Å². The quantitative estimate of drug-likeness (QED) is 0.512. The Morgan fingerprint density at radius 1 is 1.29 bits per heavy atom. The molecule has 1 amide bonds. The molecule has 0 fully saturated rings. The number of esters is 1. The van der Waals surface area contributed by atoms with Crippen molar-refractivity contribution in [3.8, 4) is 0 Å². The van der Waals surface area contributed by atoms with Crippen molar-refractivity contribution in [2.45, 2.75) is 38.5 Å². The van der Waals surface area contributed by atoms with E-state index in [0.29, 0.717) is 6.42 Å². The van der Waals surface area contributed by atoms with Gasteiger partial charge in [0.1, 0.15) is 0 Å². The van der Waals surface area contributed by atoms with Gasteiger partial charge >= 0.3 is 11.9 Å². The normalized spacial score (nSPS) is 11.1. The third kappa shape index (κ3) is 6.19. The van der Waals surface area contributed by atoms with Crippen LogP contribution in [0.4, 0.5) is 8.78 Å². The fourth-order valence-electron chi connectivity index (χ4n) is 1.00. The number of unbranched alkanes of at least 4 members (excludes halogenated alkanes) is 1. The lowest BCUT2D eigenvalue weighted by molar-refractivity contribution is -0.173. The van der Waals surface area contributed by atoms with Crippen molar-refractivity contribution in [3.63, 3.8) is 0 Å². The second kappa shape index (κ2) is 7.19. The molecule has 0 spiro atoms. The summed E-state index contributed by atoms with van der Waals surface area (Å²) in [7, 11) is 2.94. The van der Waals surface area contributed by atoms with Crippen LogP contribution in [-0.2, 0) is 14.3 Å². The summed E-state index contributed by atoms with van der Waals surface area (Å²) in [6.07, 6.45) is 0.133. The van der Waals surface area contributed by atoms with Crippen LogP contribution in [0.5, 0.6) is 0 Å². The highest BCUT2D eigenvalue weighted by molar-refractivity contribution is 5.80. The number of halogens is 2. The van der Waals surface area contributed by atoms with Crippen LogP contribution in [0, 0.1) is 0 Å². The number of ether oxygens (including phenoxy) is 1. The number of alkyl halides is 2. The van der Waals surface area contributed by atoms with E-state index in [1.807, 2.05) is 6.92 Å². The van der Waals surface area contributed by atoms with E-state index in [4.69, 9.17) is 0 Å². The largest absolute Gasteiger partial charge is 0.461 e. The molecule has 0 aromatic heterocycles. The van der Waals surface area contributed by atoms with E-state index in [1.165, 1.54) is 19.0 Å². The highest BCUT2D eigenvalue weighted by atomic mass is 19.3. The molecule has 0 radical (unpaired) electrons. The predicted molar refractivity (Wildman–Crippen MR) is 58.7 cm³/mol. The van der Waals surface area contributed by atoms with Crippen LogP contribution >= 0.6 is 0 Å². The molecule has 0 heterocycles. The number of hydrogen-bond donors (Lipinski definition) is 0. The minimum Gasteiger partial charge on any atom is -0.461 e. The molecule has 0 saturated carbocycles. The molecule has 0 aliphatic carbocycles. The van der Waals surface area contributed by atoms with Crippen molar-refractivity contribution in [1.82, 2.24) is 4.90 Å². The molecule has 4 nitrogen and oxygen atoms in total. The first-order valence-electron chi connectivity index (χ1n) is 5.56. The number of carbonyl (C=O) groups excluding carboxylic acids is 2. The molecule has 0 saturated heterocycles. The summed E-state index contributed by atoms with van der Waals surface area (Å²) in [6.45, 7) is 1.86. The Kier molecular flexibility index (Phi) is 6.68. The van der Waals surface area contributed by atoms with Crippen LogP contribution in [0.1, 0.15) is 32.6 Å². The lowest BCUT2D eigenvalue weighted by Gasteiger charge is -2.16. The maximum Gasteiger partial charge on any atom is 0.376 e. The smallest absolute Gasteiger partial charge is 0.376 e. The number of rotatable bonds is 7. The van der Waals surface area contributed by atoms with Crippen LogP contribution in [-0.4, -0.2) is 43.4 Å². The van der Waals surface area contributed by atoms with E-state index in [0.717, 1.165) is 6.42 Å². The van der Waals surface area contributed by atoms with E-state index in [9.17, 15) is 18.4 Å². The van der Waals surface area contributed by atoms with Crippen LogP contribution in [0.25, 0.3) is 0 Å². The first-order chi connectivity index (χ1) is 7.81. The molecule has 0 bridgehead atoms. The summed E-state index contributed by atoms with van der Waals surface area (Å²) in [4.78, 5) is 23.3. The van der Waals surface area contributed by atoms with Gasteiger partial charge in [-0.15, -0.1) is 0 Å². The summed E-state index contributed by atoms with van der Waals surface area (Å²) in [5, 5.41) is 0. The van der Waals surface area contributed by atoms with Crippen molar-refractivity contribution in [2.24, 2.45) is 0 Å². The Bertz CT molecular complexity index is 267. The minimum absolute atomic E-state index is 0.00739. The zero-order valence-corrected chi connectivity index (χ0v) is 10.5. The lowest BCUT2D eigenvalue weighted by atomic mass is 10.1. The number of nitrogens with zero attached hydrogens (tertiary/aromatic N) is 1. The Morgan fingerprint density at radius 3 is 2.35 bits per heavy atom. The van der Waals surface area contributed by atoms with Gasteiger partial charge in [-0.1, -0.05) is 13.3 Å². The van der Waals surface area contributed by atoms with E-state index < -0.39 is 24.2 Å². The molecule has 0 aromatic carbocycles. The lowest BCUT2D eigenvalue weighted by Crippen LogP contribution is -2.33. The zero-order valence-electron chi connectivity index (χ0n) is 10.5. The Labute approximate surface area is 99.9 Å². The minimum atomic E-state index is -3.58. The molecule has 100 valence electrons. The van der Waals surface area contributed by atoms with Gasteiger partial charge in [0.2, 0.25) is 5.91 Å².